The van der Waals surface area contributed by atoms with E-state index in [1.807, 2.05) is 30.3 Å². The lowest BCUT2D eigenvalue weighted by atomic mass is 10.2. The first-order chi connectivity index (χ1) is 9.46. The molecule has 2 N–H and O–H groups in total. The molecule has 0 radical (unpaired) electrons. The molecule has 2 rings (SSSR count). The van der Waals surface area contributed by atoms with Crippen molar-refractivity contribution in [2.45, 2.75) is 12.2 Å². The lowest BCUT2D eigenvalue weighted by molar-refractivity contribution is -0.174. The second-order valence-corrected chi connectivity index (χ2v) is 4.29. The summed E-state index contributed by atoms with van der Waals surface area (Å²) in [6.07, 6.45) is -1.14. The molecule has 1 atom stereocenters. The highest BCUT2D eigenvalue weighted by molar-refractivity contribution is 5.31. The Morgan fingerprint density at radius 1 is 1.25 bits per heavy atom. The molecule has 1 heterocycles. The van der Waals surface area contributed by atoms with Crippen molar-refractivity contribution in [1.29, 1.82) is 0 Å². The van der Waals surface area contributed by atoms with Crippen LogP contribution in [0.4, 0.5) is 13.2 Å². The van der Waals surface area contributed by atoms with Crippen molar-refractivity contribution >= 4 is 0 Å². The third-order valence-electron chi connectivity index (χ3n) is 2.61. The zero-order chi connectivity index (χ0) is 14.6. The minimum absolute atomic E-state index is 0.208. The van der Waals surface area contributed by atoms with E-state index >= 15 is 0 Å². The van der Waals surface area contributed by atoms with Crippen LogP contribution in [-0.4, -0.2) is 29.2 Å². The van der Waals surface area contributed by atoms with E-state index in [1.165, 1.54) is 6.20 Å². The van der Waals surface area contributed by atoms with Gasteiger partial charge in [-0.3, -0.25) is 0 Å². The Labute approximate surface area is 114 Å². The van der Waals surface area contributed by atoms with Gasteiger partial charge in [0, 0.05) is 11.8 Å². The van der Waals surface area contributed by atoms with E-state index in [1.54, 1.807) is 10.9 Å². The summed E-state index contributed by atoms with van der Waals surface area (Å²) >= 11 is 0. The first-order valence-corrected chi connectivity index (χ1v) is 5.96. The lowest BCUT2D eigenvalue weighted by Crippen LogP contribution is -2.23. The van der Waals surface area contributed by atoms with Gasteiger partial charge in [0.15, 0.2) is 0 Å². The summed E-state index contributed by atoms with van der Waals surface area (Å²) in [4.78, 5) is 0. The molecule has 0 spiro atoms. The van der Waals surface area contributed by atoms with Crippen molar-refractivity contribution < 1.29 is 17.9 Å². The Hall–Kier alpha value is -1.86. The quantitative estimate of drug-likeness (QED) is 0.918. The van der Waals surface area contributed by atoms with Gasteiger partial charge in [-0.2, -0.15) is 18.3 Å². The Bertz CT molecular complexity index is 539. The van der Waals surface area contributed by atoms with E-state index in [0.717, 1.165) is 5.69 Å². The number of ether oxygens (including phenoxy) is 1. The number of para-hydroxylation sites is 1. The standard InChI is InChI=1S/C13H14F3N3O/c14-13(15,16)9-20-8-12(17)10-6-18-19(7-10)11-4-2-1-3-5-11/h1-7,12H,8-9,17H2. The van der Waals surface area contributed by atoms with Crippen molar-refractivity contribution in [3.05, 3.63) is 48.3 Å². The molecule has 1 unspecified atom stereocenters. The lowest BCUT2D eigenvalue weighted by Gasteiger charge is -2.11. The van der Waals surface area contributed by atoms with Crippen LogP contribution in [0.1, 0.15) is 11.6 Å². The van der Waals surface area contributed by atoms with E-state index in [0.29, 0.717) is 5.56 Å². The van der Waals surface area contributed by atoms with Crippen LogP contribution in [0.3, 0.4) is 0 Å². The average Bonchev–Trinajstić information content (AvgIpc) is 2.88. The fraction of sp³-hybridized carbons (Fsp3) is 0.308. The van der Waals surface area contributed by atoms with Crippen LogP contribution in [0.2, 0.25) is 0 Å². The maximum Gasteiger partial charge on any atom is 0.411 e. The second kappa shape index (κ2) is 6.06. The number of rotatable bonds is 5. The molecule has 0 saturated carbocycles. The highest BCUT2D eigenvalue weighted by Crippen LogP contribution is 2.17. The summed E-state index contributed by atoms with van der Waals surface area (Å²) in [7, 11) is 0. The molecule has 4 nitrogen and oxygen atoms in total. The smallest absolute Gasteiger partial charge is 0.370 e. The molecule has 0 amide bonds. The van der Waals surface area contributed by atoms with Gasteiger partial charge in [-0.25, -0.2) is 4.68 Å². The highest BCUT2D eigenvalue weighted by atomic mass is 19.4. The Morgan fingerprint density at radius 3 is 2.60 bits per heavy atom. The Balaban J connectivity index is 1.95. The fourth-order valence-corrected chi connectivity index (χ4v) is 1.65. The number of nitrogens with zero attached hydrogens (tertiary/aromatic N) is 2. The molecular weight excluding hydrogens is 271 g/mol. The van der Waals surface area contributed by atoms with Gasteiger partial charge in [0.2, 0.25) is 0 Å². The van der Waals surface area contributed by atoms with Crippen LogP contribution in [0.15, 0.2) is 42.7 Å². The van der Waals surface area contributed by atoms with E-state index in [4.69, 9.17) is 5.73 Å². The van der Waals surface area contributed by atoms with Gasteiger partial charge in [0.05, 0.1) is 24.5 Å². The van der Waals surface area contributed by atoms with Crippen molar-refractivity contribution in [2.24, 2.45) is 5.73 Å². The monoisotopic (exact) mass is 285 g/mol. The van der Waals surface area contributed by atoms with Crippen LogP contribution >= 0.6 is 0 Å². The van der Waals surface area contributed by atoms with Gasteiger partial charge in [-0.1, -0.05) is 18.2 Å². The first kappa shape index (κ1) is 14.5. The number of halogens is 3. The number of alkyl halides is 3. The van der Waals surface area contributed by atoms with Gasteiger partial charge in [-0.05, 0) is 12.1 Å². The van der Waals surface area contributed by atoms with Crippen LogP contribution in [0.25, 0.3) is 5.69 Å². The zero-order valence-corrected chi connectivity index (χ0v) is 10.5. The average molecular weight is 285 g/mol. The van der Waals surface area contributed by atoms with E-state index in [2.05, 4.69) is 9.84 Å². The van der Waals surface area contributed by atoms with Crippen molar-refractivity contribution in [1.82, 2.24) is 9.78 Å². The maximum atomic E-state index is 12.0. The van der Waals surface area contributed by atoms with Crippen molar-refractivity contribution in [3.8, 4) is 5.69 Å². The molecular formula is C13H14F3N3O. The minimum atomic E-state index is -4.34. The number of benzene rings is 1. The number of nitrogens with two attached hydrogens (primary N) is 1. The summed E-state index contributed by atoms with van der Waals surface area (Å²) in [6.45, 7) is -1.51. The molecule has 0 bridgehead atoms. The zero-order valence-electron chi connectivity index (χ0n) is 10.5. The van der Waals surface area contributed by atoms with Crippen LogP contribution < -0.4 is 5.73 Å². The summed E-state index contributed by atoms with van der Waals surface area (Å²) in [5.74, 6) is 0. The molecule has 2 aromatic rings. The Kier molecular flexibility index (Phi) is 4.41. The summed E-state index contributed by atoms with van der Waals surface area (Å²) in [5, 5.41) is 4.12. The second-order valence-electron chi connectivity index (χ2n) is 4.29. The molecule has 0 aliphatic carbocycles. The molecule has 108 valence electrons. The SMILES string of the molecule is NC(COCC(F)(F)F)c1cnn(-c2ccccc2)c1. The third kappa shape index (κ3) is 4.07. The molecule has 0 saturated heterocycles. The van der Waals surface area contributed by atoms with Crippen LogP contribution in [0, 0.1) is 0 Å². The Morgan fingerprint density at radius 2 is 1.95 bits per heavy atom. The maximum absolute atomic E-state index is 12.0. The van der Waals surface area contributed by atoms with Gasteiger partial charge in [0.1, 0.15) is 6.61 Å². The van der Waals surface area contributed by atoms with Crippen molar-refractivity contribution in [2.75, 3.05) is 13.2 Å². The molecule has 1 aromatic heterocycles. The van der Waals surface area contributed by atoms with Crippen molar-refractivity contribution in [3.63, 3.8) is 0 Å². The molecule has 0 aliphatic heterocycles. The summed E-state index contributed by atoms with van der Waals surface area (Å²) in [5.41, 5.74) is 7.24. The fourth-order valence-electron chi connectivity index (χ4n) is 1.65. The predicted molar refractivity (Wildman–Crippen MR) is 67.4 cm³/mol. The van der Waals surface area contributed by atoms with E-state index in [9.17, 15) is 13.2 Å². The topological polar surface area (TPSA) is 53.1 Å². The van der Waals surface area contributed by atoms with Gasteiger partial charge < -0.3 is 10.5 Å². The normalized spacial score (nSPS) is 13.4. The van der Waals surface area contributed by atoms with E-state index in [-0.39, 0.29) is 6.61 Å². The molecule has 0 aliphatic rings. The molecule has 1 aromatic carbocycles. The number of aromatic nitrogens is 2. The van der Waals surface area contributed by atoms with Gasteiger partial charge in [0.25, 0.3) is 0 Å². The summed E-state index contributed by atoms with van der Waals surface area (Å²) in [6, 6.07) is 8.69. The molecule has 7 heteroatoms. The number of hydrogen-bond donors (Lipinski definition) is 1. The van der Waals surface area contributed by atoms with Gasteiger partial charge >= 0.3 is 6.18 Å². The first-order valence-electron chi connectivity index (χ1n) is 5.96. The minimum Gasteiger partial charge on any atom is -0.370 e. The molecule has 0 fully saturated rings. The summed E-state index contributed by atoms with van der Waals surface area (Å²) < 4.78 is 42.0. The highest BCUT2D eigenvalue weighted by Gasteiger charge is 2.27. The molecule has 20 heavy (non-hydrogen) atoms. The number of hydrogen-bond acceptors (Lipinski definition) is 3. The third-order valence-corrected chi connectivity index (χ3v) is 2.61. The largest absolute Gasteiger partial charge is 0.411 e. The predicted octanol–water partition coefficient (Wildman–Crippen LogP) is 2.45. The van der Waals surface area contributed by atoms with Crippen LogP contribution in [0.5, 0.6) is 0 Å². The van der Waals surface area contributed by atoms with Crippen LogP contribution in [-0.2, 0) is 4.74 Å². The van der Waals surface area contributed by atoms with E-state index < -0.39 is 18.8 Å². The van der Waals surface area contributed by atoms with Gasteiger partial charge in [-0.15, -0.1) is 0 Å².